The number of hydrogen-bond acceptors (Lipinski definition) is 5. The molecule has 3 aromatic rings. The van der Waals surface area contributed by atoms with Crippen LogP contribution in [0.1, 0.15) is 15.9 Å². The average molecular weight is 272 g/mol. The molecule has 0 radical (unpaired) electrons. The Morgan fingerprint density at radius 1 is 1.30 bits per heavy atom. The highest BCUT2D eigenvalue weighted by Gasteiger charge is 2.14. The molecule has 100 valence electrons. The summed E-state index contributed by atoms with van der Waals surface area (Å²) in [5.41, 5.74) is 1.80. The number of para-hydroxylation sites is 1. The summed E-state index contributed by atoms with van der Waals surface area (Å²) in [7, 11) is 0. The average Bonchev–Trinajstić information content (AvgIpc) is 2.93. The van der Waals surface area contributed by atoms with Crippen molar-refractivity contribution >= 4 is 17.0 Å². The molecular weight excluding hydrogens is 263 g/mol. The number of fused-ring (bicyclic) bond motifs is 1. The Balaban J connectivity index is 1.78. The lowest BCUT2D eigenvalue weighted by Crippen LogP contribution is -2.06. The van der Waals surface area contributed by atoms with E-state index >= 15 is 0 Å². The minimum Gasteiger partial charge on any atom is -0.457 e. The first kappa shape index (κ1) is 12.2. The Hall–Kier alpha value is -2.83. The molecule has 0 atom stereocenters. The van der Waals surface area contributed by atoms with Gasteiger partial charge in [0.1, 0.15) is 23.5 Å². The van der Waals surface area contributed by atoms with E-state index in [9.17, 15) is 9.18 Å². The van der Waals surface area contributed by atoms with Gasteiger partial charge in [0.15, 0.2) is 0 Å². The summed E-state index contributed by atoms with van der Waals surface area (Å²) in [6.07, 6.45) is 2.52. The van der Waals surface area contributed by atoms with Gasteiger partial charge in [0, 0.05) is 11.8 Å². The highest BCUT2D eigenvalue weighted by molar-refractivity contribution is 6.01. The van der Waals surface area contributed by atoms with Crippen molar-refractivity contribution in [3.63, 3.8) is 0 Å². The summed E-state index contributed by atoms with van der Waals surface area (Å²) in [4.78, 5) is 15.7. The normalized spacial score (nSPS) is 10.7. The van der Waals surface area contributed by atoms with E-state index in [-0.39, 0.29) is 6.61 Å². The molecule has 3 rings (SSSR count). The molecule has 0 unspecified atom stereocenters. The van der Waals surface area contributed by atoms with E-state index < -0.39 is 11.8 Å². The number of aromatic nitrogens is 4. The molecule has 0 spiro atoms. The van der Waals surface area contributed by atoms with Crippen molar-refractivity contribution in [3.05, 3.63) is 53.6 Å². The zero-order valence-electron chi connectivity index (χ0n) is 10.2. The molecule has 0 saturated carbocycles. The molecule has 0 aliphatic carbocycles. The molecule has 0 fully saturated rings. The molecule has 20 heavy (non-hydrogen) atoms. The van der Waals surface area contributed by atoms with Gasteiger partial charge in [0.2, 0.25) is 0 Å². The highest BCUT2D eigenvalue weighted by atomic mass is 19.1. The summed E-state index contributed by atoms with van der Waals surface area (Å²) in [5, 5.41) is 10.2. The lowest BCUT2D eigenvalue weighted by molar-refractivity contribution is 0.0474. The van der Waals surface area contributed by atoms with Crippen LogP contribution in [-0.4, -0.2) is 26.4 Å². The number of hydrogen-bond donors (Lipinski definition) is 1. The first-order valence-electron chi connectivity index (χ1n) is 5.80. The quantitative estimate of drug-likeness (QED) is 0.736. The molecule has 0 aliphatic heterocycles. The Morgan fingerprint density at radius 3 is 3.05 bits per heavy atom. The standard InChI is InChI=1S/C13H9FN4O2/c14-9-4-8(5-15-6-9)7-20-13(19)10-2-1-3-11-12(10)17-18-16-11/h1-6H,7H2,(H,16,17,18). The molecular formula is C13H9FN4O2. The van der Waals surface area contributed by atoms with Crippen LogP contribution < -0.4 is 0 Å². The molecule has 1 N–H and O–H groups in total. The van der Waals surface area contributed by atoms with Crippen LogP contribution in [0.5, 0.6) is 0 Å². The fourth-order valence-electron chi connectivity index (χ4n) is 1.79. The maximum absolute atomic E-state index is 13.0. The fourth-order valence-corrected chi connectivity index (χ4v) is 1.79. The van der Waals surface area contributed by atoms with Gasteiger partial charge < -0.3 is 4.74 Å². The third-order valence-electron chi connectivity index (χ3n) is 2.70. The number of halogens is 1. The summed E-state index contributed by atoms with van der Waals surface area (Å²) in [6, 6.07) is 6.27. The van der Waals surface area contributed by atoms with E-state index in [2.05, 4.69) is 20.4 Å². The van der Waals surface area contributed by atoms with Crippen LogP contribution in [0.15, 0.2) is 36.7 Å². The molecule has 6 nitrogen and oxygen atoms in total. The number of carbonyl (C=O) groups excluding carboxylic acids is 1. The zero-order valence-corrected chi connectivity index (χ0v) is 10.2. The summed E-state index contributed by atoms with van der Waals surface area (Å²) < 4.78 is 18.1. The minimum atomic E-state index is -0.547. The van der Waals surface area contributed by atoms with Crippen molar-refractivity contribution in [2.75, 3.05) is 0 Å². The van der Waals surface area contributed by atoms with Crippen molar-refractivity contribution in [1.82, 2.24) is 20.4 Å². The smallest absolute Gasteiger partial charge is 0.340 e. The lowest BCUT2D eigenvalue weighted by atomic mass is 10.2. The van der Waals surface area contributed by atoms with Crippen molar-refractivity contribution in [2.45, 2.75) is 6.61 Å². The number of ether oxygens (including phenoxy) is 1. The van der Waals surface area contributed by atoms with E-state index in [4.69, 9.17) is 4.74 Å². The van der Waals surface area contributed by atoms with E-state index in [1.807, 2.05) is 0 Å². The van der Waals surface area contributed by atoms with Gasteiger partial charge in [-0.2, -0.15) is 15.4 Å². The van der Waals surface area contributed by atoms with Crippen LogP contribution in [-0.2, 0) is 11.3 Å². The summed E-state index contributed by atoms with van der Waals surface area (Å²) in [5.74, 6) is -1.02. The van der Waals surface area contributed by atoms with Gasteiger partial charge >= 0.3 is 5.97 Å². The number of aromatic amines is 1. The van der Waals surface area contributed by atoms with E-state index in [1.54, 1.807) is 18.2 Å². The van der Waals surface area contributed by atoms with Crippen LogP contribution in [0.2, 0.25) is 0 Å². The van der Waals surface area contributed by atoms with Crippen LogP contribution in [0, 0.1) is 5.82 Å². The molecule has 2 aromatic heterocycles. The number of H-pyrrole nitrogens is 1. The van der Waals surface area contributed by atoms with Gasteiger partial charge in [-0.05, 0) is 18.2 Å². The maximum atomic E-state index is 13.0. The second-order valence-corrected chi connectivity index (χ2v) is 4.08. The fraction of sp³-hybridized carbons (Fsp3) is 0.0769. The van der Waals surface area contributed by atoms with Crippen molar-refractivity contribution in [1.29, 1.82) is 0 Å². The predicted octanol–water partition coefficient (Wildman–Crippen LogP) is 1.85. The van der Waals surface area contributed by atoms with Crippen molar-refractivity contribution in [2.24, 2.45) is 0 Å². The molecule has 0 saturated heterocycles. The molecule has 1 aromatic carbocycles. The first-order valence-corrected chi connectivity index (χ1v) is 5.80. The topological polar surface area (TPSA) is 80.8 Å². The Kier molecular flexibility index (Phi) is 3.08. The summed E-state index contributed by atoms with van der Waals surface area (Å²) >= 11 is 0. The number of nitrogens with one attached hydrogen (secondary N) is 1. The summed E-state index contributed by atoms with van der Waals surface area (Å²) in [6.45, 7) is -0.0577. The molecule has 7 heteroatoms. The van der Waals surface area contributed by atoms with Crippen molar-refractivity contribution < 1.29 is 13.9 Å². The maximum Gasteiger partial charge on any atom is 0.340 e. The minimum absolute atomic E-state index is 0.0577. The van der Waals surface area contributed by atoms with Crippen molar-refractivity contribution in [3.8, 4) is 0 Å². The molecule has 0 aliphatic rings. The van der Waals surface area contributed by atoms with Gasteiger partial charge in [0.05, 0.1) is 11.8 Å². The van der Waals surface area contributed by atoms with E-state index in [1.165, 1.54) is 12.3 Å². The molecule has 0 amide bonds. The number of pyridine rings is 1. The molecule has 0 bridgehead atoms. The van der Waals surface area contributed by atoms with E-state index in [0.29, 0.717) is 22.2 Å². The highest BCUT2D eigenvalue weighted by Crippen LogP contribution is 2.15. The first-order chi connectivity index (χ1) is 9.74. The molecule has 2 heterocycles. The number of rotatable bonds is 3. The monoisotopic (exact) mass is 272 g/mol. The van der Waals surface area contributed by atoms with Crippen LogP contribution >= 0.6 is 0 Å². The number of esters is 1. The largest absolute Gasteiger partial charge is 0.457 e. The van der Waals surface area contributed by atoms with Gasteiger partial charge in [-0.15, -0.1) is 0 Å². The second-order valence-electron chi connectivity index (χ2n) is 4.08. The van der Waals surface area contributed by atoms with Gasteiger partial charge in [0.25, 0.3) is 0 Å². The van der Waals surface area contributed by atoms with Crippen LogP contribution in [0.3, 0.4) is 0 Å². The second kappa shape index (κ2) is 5.04. The van der Waals surface area contributed by atoms with Gasteiger partial charge in [-0.3, -0.25) is 4.98 Å². The SMILES string of the molecule is O=C(OCc1cncc(F)c1)c1cccc2n[nH]nc12. The van der Waals surface area contributed by atoms with E-state index in [0.717, 1.165) is 6.20 Å². The van der Waals surface area contributed by atoms with Gasteiger partial charge in [-0.1, -0.05) is 6.07 Å². The van der Waals surface area contributed by atoms with Crippen LogP contribution in [0.4, 0.5) is 4.39 Å². The Labute approximate surface area is 112 Å². The number of benzene rings is 1. The van der Waals surface area contributed by atoms with Gasteiger partial charge in [-0.25, -0.2) is 9.18 Å². The van der Waals surface area contributed by atoms with Crippen LogP contribution in [0.25, 0.3) is 11.0 Å². The number of carbonyl (C=O) groups is 1. The predicted molar refractivity (Wildman–Crippen MR) is 67.2 cm³/mol. The zero-order chi connectivity index (χ0) is 13.9. The lowest BCUT2D eigenvalue weighted by Gasteiger charge is -2.04. The third-order valence-corrected chi connectivity index (χ3v) is 2.70. The Bertz CT molecular complexity index is 772. The third kappa shape index (κ3) is 2.33. The Morgan fingerprint density at radius 2 is 2.20 bits per heavy atom. The number of nitrogens with zero attached hydrogens (tertiary/aromatic N) is 3.